The fraction of sp³-hybridized carbons (Fsp3) is 0.857. The smallest absolute Gasteiger partial charge is 0.192 e. The van der Waals surface area contributed by atoms with Gasteiger partial charge in [-0.05, 0) is 38.0 Å². The van der Waals surface area contributed by atoms with Crippen molar-refractivity contribution in [1.82, 2.24) is 5.32 Å². The summed E-state index contributed by atoms with van der Waals surface area (Å²) in [5.74, 6) is 0. The molecule has 3 heteroatoms. The molecule has 0 fully saturated rings. The van der Waals surface area contributed by atoms with E-state index in [0.717, 1.165) is 19.4 Å². The van der Waals surface area contributed by atoms with Crippen LogP contribution in [0, 0.1) is 0 Å². The lowest BCUT2D eigenvalue weighted by molar-refractivity contribution is 0.170. The van der Waals surface area contributed by atoms with Crippen LogP contribution in [0.3, 0.4) is 0 Å². The van der Waals surface area contributed by atoms with E-state index in [1.807, 2.05) is 13.1 Å². The van der Waals surface area contributed by atoms with E-state index in [1.54, 1.807) is 0 Å². The van der Waals surface area contributed by atoms with Gasteiger partial charge < -0.3 is 9.74 Å². The predicted molar refractivity (Wildman–Crippen MR) is 80.0 cm³/mol. The van der Waals surface area contributed by atoms with Gasteiger partial charge in [-0.1, -0.05) is 33.8 Å². The molecule has 0 saturated heterocycles. The summed E-state index contributed by atoms with van der Waals surface area (Å²) in [6.07, 6.45) is 3.99. The summed E-state index contributed by atoms with van der Waals surface area (Å²) in [4.78, 5) is 0. The van der Waals surface area contributed by atoms with E-state index < -0.39 is 8.32 Å². The quantitative estimate of drug-likeness (QED) is 0.551. The Balaban J connectivity index is 4.66. The van der Waals surface area contributed by atoms with Gasteiger partial charge in [-0.25, -0.2) is 0 Å². The van der Waals surface area contributed by atoms with Crippen molar-refractivity contribution in [3.63, 3.8) is 0 Å². The van der Waals surface area contributed by atoms with Crippen molar-refractivity contribution in [3.8, 4) is 0 Å². The second-order valence-corrected chi connectivity index (χ2v) is 11.2. The summed E-state index contributed by atoms with van der Waals surface area (Å²) in [5.41, 5.74) is 0.0528. The van der Waals surface area contributed by atoms with Crippen LogP contribution in [-0.4, -0.2) is 27.5 Å². The van der Waals surface area contributed by atoms with E-state index >= 15 is 0 Å². The van der Waals surface area contributed by atoms with E-state index in [2.05, 4.69) is 52.7 Å². The van der Waals surface area contributed by atoms with Gasteiger partial charge in [0.15, 0.2) is 8.32 Å². The first-order valence-electron chi connectivity index (χ1n) is 6.58. The van der Waals surface area contributed by atoms with Crippen molar-refractivity contribution >= 4 is 8.32 Å². The van der Waals surface area contributed by atoms with Gasteiger partial charge in [-0.2, -0.15) is 0 Å². The van der Waals surface area contributed by atoms with Crippen molar-refractivity contribution in [2.24, 2.45) is 0 Å². The summed E-state index contributed by atoms with van der Waals surface area (Å²) >= 11 is 0. The highest BCUT2D eigenvalue weighted by Crippen LogP contribution is 2.37. The van der Waals surface area contributed by atoms with Crippen molar-refractivity contribution < 1.29 is 4.43 Å². The molecule has 0 aliphatic heterocycles. The molecule has 0 radical (unpaired) electrons. The van der Waals surface area contributed by atoms with Gasteiger partial charge in [0.2, 0.25) is 0 Å². The lowest BCUT2D eigenvalue weighted by Crippen LogP contribution is -2.51. The van der Waals surface area contributed by atoms with E-state index in [4.69, 9.17) is 4.43 Å². The Morgan fingerprint density at radius 1 is 1.29 bits per heavy atom. The third-order valence-electron chi connectivity index (χ3n) is 4.26. The molecule has 102 valence electrons. The Morgan fingerprint density at radius 2 is 1.82 bits per heavy atom. The van der Waals surface area contributed by atoms with Crippen molar-refractivity contribution in [1.29, 1.82) is 0 Å². The highest BCUT2D eigenvalue weighted by Gasteiger charge is 2.39. The largest absolute Gasteiger partial charge is 0.415 e. The summed E-state index contributed by atoms with van der Waals surface area (Å²) in [6.45, 7) is 18.3. The number of rotatable bonds is 7. The minimum Gasteiger partial charge on any atom is -0.415 e. The maximum absolute atomic E-state index is 6.32. The first-order chi connectivity index (χ1) is 7.64. The number of hydrogen-bond acceptors (Lipinski definition) is 2. The van der Waals surface area contributed by atoms with Crippen LogP contribution in [0.5, 0.6) is 0 Å². The van der Waals surface area contributed by atoms with Crippen molar-refractivity contribution in [2.45, 2.75) is 64.2 Å². The topological polar surface area (TPSA) is 21.3 Å². The molecule has 1 atom stereocenters. The normalized spacial score (nSPS) is 16.6. The Morgan fingerprint density at radius 3 is 2.12 bits per heavy atom. The molecule has 0 aliphatic carbocycles. The number of nitrogens with one attached hydrogen (secondary N) is 1. The first-order valence-corrected chi connectivity index (χ1v) is 9.49. The summed E-state index contributed by atoms with van der Waals surface area (Å²) in [7, 11) is 0.365. The van der Waals surface area contributed by atoms with Crippen molar-refractivity contribution in [2.75, 3.05) is 13.7 Å². The zero-order valence-corrected chi connectivity index (χ0v) is 13.8. The third kappa shape index (κ3) is 4.57. The molecule has 0 spiro atoms. The molecule has 0 saturated carbocycles. The average molecular weight is 257 g/mol. The molecular weight excluding hydrogens is 226 g/mol. The Labute approximate surface area is 109 Å². The zero-order valence-electron chi connectivity index (χ0n) is 12.8. The van der Waals surface area contributed by atoms with Crippen LogP contribution in [-0.2, 0) is 4.43 Å². The van der Waals surface area contributed by atoms with Gasteiger partial charge >= 0.3 is 0 Å². The molecule has 0 aliphatic rings. The molecule has 17 heavy (non-hydrogen) atoms. The molecule has 0 rings (SSSR count). The van der Waals surface area contributed by atoms with E-state index in [9.17, 15) is 0 Å². The van der Waals surface area contributed by atoms with Gasteiger partial charge in [-0.3, -0.25) is 0 Å². The first kappa shape index (κ1) is 16.9. The maximum atomic E-state index is 6.32. The highest BCUT2D eigenvalue weighted by molar-refractivity contribution is 6.74. The summed E-state index contributed by atoms with van der Waals surface area (Å²) < 4.78 is 6.32. The lowest BCUT2D eigenvalue weighted by atomic mass is 9.93. The van der Waals surface area contributed by atoms with Crippen LogP contribution in [0.1, 0.15) is 40.5 Å². The lowest BCUT2D eigenvalue weighted by Gasteiger charge is -2.40. The molecule has 0 aromatic heterocycles. The second kappa shape index (κ2) is 6.16. The molecule has 0 aromatic carbocycles. The average Bonchev–Trinajstić information content (AvgIpc) is 2.23. The zero-order chi connectivity index (χ0) is 13.7. The fourth-order valence-electron chi connectivity index (χ4n) is 1.47. The van der Waals surface area contributed by atoms with E-state index in [-0.39, 0.29) is 10.6 Å². The van der Waals surface area contributed by atoms with Gasteiger partial charge in [0.1, 0.15) is 0 Å². The Kier molecular flexibility index (Phi) is 6.12. The maximum Gasteiger partial charge on any atom is 0.192 e. The minimum absolute atomic E-state index is 0.0528. The van der Waals surface area contributed by atoms with Crippen LogP contribution in [0.25, 0.3) is 0 Å². The Hall–Kier alpha value is -0.123. The van der Waals surface area contributed by atoms with Gasteiger partial charge in [0.25, 0.3) is 0 Å². The van der Waals surface area contributed by atoms with Crippen LogP contribution in [0.2, 0.25) is 18.1 Å². The second-order valence-electron chi connectivity index (χ2n) is 6.43. The minimum atomic E-state index is -1.65. The highest BCUT2D eigenvalue weighted by atomic mass is 28.4. The predicted octanol–water partition coefficient (Wildman–Crippen LogP) is 3.95. The van der Waals surface area contributed by atoms with Crippen LogP contribution in [0.4, 0.5) is 0 Å². The summed E-state index contributed by atoms with van der Waals surface area (Å²) in [5, 5.41) is 3.69. The Bertz CT molecular complexity index is 239. The number of hydrogen-bond donors (Lipinski definition) is 1. The molecular formula is C14H31NOSi. The molecule has 0 aromatic rings. The molecule has 1 N–H and O–H groups in total. The molecule has 1 unspecified atom stereocenters. The monoisotopic (exact) mass is 257 g/mol. The van der Waals surface area contributed by atoms with Crippen LogP contribution in [0.15, 0.2) is 12.7 Å². The van der Waals surface area contributed by atoms with E-state index in [1.165, 1.54) is 0 Å². The molecule has 0 bridgehead atoms. The SMILES string of the molecule is C=CCC(CC)(CO[Si](C)(C)C(C)(C)C)NC. The molecule has 0 amide bonds. The third-order valence-corrected chi connectivity index (χ3v) is 8.74. The van der Waals surface area contributed by atoms with Gasteiger partial charge in [0.05, 0.1) is 6.61 Å². The van der Waals surface area contributed by atoms with Crippen molar-refractivity contribution in [3.05, 3.63) is 12.7 Å². The fourth-order valence-corrected chi connectivity index (χ4v) is 2.54. The summed E-state index contributed by atoms with van der Waals surface area (Å²) in [6, 6.07) is 0. The van der Waals surface area contributed by atoms with Gasteiger partial charge in [0, 0.05) is 5.54 Å². The molecule has 2 nitrogen and oxygen atoms in total. The molecule has 0 heterocycles. The van der Waals surface area contributed by atoms with Crippen LogP contribution < -0.4 is 5.32 Å². The van der Waals surface area contributed by atoms with E-state index in [0.29, 0.717) is 0 Å². The van der Waals surface area contributed by atoms with Gasteiger partial charge in [-0.15, -0.1) is 6.58 Å². The standard InChI is InChI=1S/C14H31NOSi/c1-9-11-14(10-2,15-6)12-16-17(7,8)13(3,4)5/h9,15H,1,10-12H2,2-8H3. The van der Waals surface area contributed by atoms with Crippen LogP contribution >= 0.6 is 0 Å². The number of likely N-dealkylation sites (N-methyl/N-ethyl adjacent to an activating group) is 1.